The minimum Gasteiger partial charge on any atom is -0.329 e. The molecule has 1 amide bonds. The Bertz CT molecular complexity index is 219. The lowest BCUT2D eigenvalue weighted by Crippen LogP contribution is -2.39. The van der Waals surface area contributed by atoms with Crippen LogP contribution in [0.5, 0.6) is 0 Å². The minimum absolute atomic E-state index is 0.0793. The number of amides is 1. The molecule has 3 N–H and O–H groups in total. The first-order chi connectivity index (χ1) is 7.61. The zero-order valence-corrected chi connectivity index (χ0v) is 12.7. The highest BCUT2D eigenvalue weighted by molar-refractivity contribution is 6.08. The summed E-state index contributed by atoms with van der Waals surface area (Å²) in [5, 5.41) is 4.12. The number of carbonyl (C=O) groups excluding carboxylic acids is 1. The predicted octanol–water partition coefficient (Wildman–Crippen LogP) is 1.36. The average molecular weight is 240 g/mol. The lowest BCUT2D eigenvalue weighted by atomic mass is 10.1. The maximum absolute atomic E-state index is 11.6. The standard InChI is InChI=1S/C12H23N2O.Al.2H/c1-4-6-8-10(3)14-12(15)11(13)9-7-5-2;;;/h11H,1,3-9,13H2,2H3,(H,14,15);;;/t11-;;;/m0.../s1. The highest BCUT2D eigenvalue weighted by Gasteiger charge is 2.12. The van der Waals surface area contributed by atoms with E-state index in [9.17, 15) is 4.79 Å². The van der Waals surface area contributed by atoms with Crippen molar-refractivity contribution in [1.82, 2.24) is 5.32 Å². The van der Waals surface area contributed by atoms with E-state index in [1.807, 2.05) is 0 Å². The number of nitrogens with one attached hydrogen (secondary N) is 1. The molecule has 3 nitrogen and oxygen atoms in total. The van der Waals surface area contributed by atoms with Crippen molar-refractivity contribution >= 4 is 22.2 Å². The fourth-order valence-electron chi connectivity index (χ4n) is 1.47. The first kappa shape index (κ1) is 15.7. The van der Waals surface area contributed by atoms with Gasteiger partial charge < -0.3 is 11.1 Å². The average Bonchev–Trinajstić information content (AvgIpc) is 2.26. The molecule has 0 aromatic carbocycles. The van der Waals surface area contributed by atoms with Crippen LogP contribution < -0.4 is 11.1 Å². The molecule has 1 atom stereocenters. The fourth-order valence-corrected chi connectivity index (χ4v) is 1.97. The Morgan fingerprint density at radius 1 is 1.44 bits per heavy atom. The van der Waals surface area contributed by atoms with Crippen molar-refractivity contribution in [2.45, 2.75) is 56.8 Å². The molecule has 0 saturated carbocycles. The van der Waals surface area contributed by atoms with E-state index >= 15 is 0 Å². The zero-order chi connectivity index (χ0) is 12.4. The van der Waals surface area contributed by atoms with Crippen LogP contribution in [-0.2, 0) is 4.79 Å². The lowest BCUT2D eigenvalue weighted by Gasteiger charge is -2.13. The maximum Gasteiger partial charge on any atom is 0.241 e. The summed E-state index contributed by atoms with van der Waals surface area (Å²) in [6.07, 6.45) is 6.07. The molecule has 16 heavy (non-hydrogen) atoms. The molecule has 0 rings (SSSR count). The number of carbonyl (C=O) groups is 1. The van der Waals surface area contributed by atoms with Gasteiger partial charge in [-0.15, -0.1) is 5.28 Å². The molecule has 0 heterocycles. The van der Waals surface area contributed by atoms with Gasteiger partial charge in [0.05, 0.1) is 6.04 Å². The van der Waals surface area contributed by atoms with Crippen LogP contribution in [0.4, 0.5) is 0 Å². The molecule has 0 aromatic rings. The summed E-state index contributed by atoms with van der Waals surface area (Å²) in [6.45, 7) is 5.95. The number of hydrogen-bond acceptors (Lipinski definition) is 2. The second-order valence-electron chi connectivity index (χ2n) is 4.30. The number of hydrogen-bond donors (Lipinski definition) is 2. The van der Waals surface area contributed by atoms with Crippen molar-refractivity contribution in [3.63, 3.8) is 0 Å². The Balaban J connectivity index is 3.72. The second kappa shape index (κ2) is 9.90. The van der Waals surface area contributed by atoms with Gasteiger partial charge in [-0.25, -0.2) is 0 Å². The number of allylic oxidation sites excluding steroid dienone is 1. The Kier molecular flexibility index (Phi) is 9.71. The summed E-state index contributed by atoms with van der Waals surface area (Å²) in [7, 11) is 0. The van der Waals surface area contributed by atoms with Crippen molar-refractivity contribution in [1.29, 1.82) is 0 Å². The summed E-state index contributed by atoms with van der Waals surface area (Å²) in [4.78, 5) is 11.6. The van der Waals surface area contributed by atoms with Crippen molar-refractivity contribution in [2.75, 3.05) is 0 Å². The van der Waals surface area contributed by atoms with Gasteiger partial charge in [-0.3, -0.25) is 4.79 Å². The van der Waals surface area contributed by atoms with Gasteiger partial charge >= 0.3 is 0 Å². The first-order valence-electron chi connectivity index (χ1n) is 6.36. The van der Waals surface area contributed by atoms with E-state index < -0.39 is 0 Å². The largest absolute Gasteiger partial charge is 0.329 e. The van der Waals surface area contributed by atoms with Gasteiger partial charge in [0.25, 0.3) is 0 Å². The normalized spacial score (nSPS) is 12.1. The summed E-state index contributed by atoms with van der Waals surface area (Å²) in [5.41, 5.74) is 6.57. The van der Waals surface area contributed by atoms with Crippen molar-refractivity contribution in [3.05, 3.63) is 12.3 Å². The molecule has 0 unspecified atom stereocenters. The molecule has 4 heteroatoms. The molecule has 0 aliphatic rings. The van der Waals surface area contributed by atoms with Crippen LogP contribution in [0.25, 0.3) is 0 Å². The maximum atomic E-state index is 11.6. The van der Waals surface area contributed by atoms with Gasteiger partial charge in [0.15, 0.2) is 0 Å². The van der Waals surface area contributed by atoms with E-state index in [-0.39, 0.29) is 11.9 Å². The quantitative estimate of drug-likeness (QED) is 0.472. The summed E-state index contributed by atoms with van der Waals surface area (Å²) in [6, 6.07) is -0.379. The van der Waals surface area contributed by atoms with Crippen LogP contribution in [0, 0.1) is 0 Å². The third-order valence-corrected chi connectivity index (χ3v) is 3.29. The third kappa shape index (κ3) is 7.93. The SMILES string of the molecule is C=C(CCC[CH2][AlH2])NC(=O)[C@@H](N)CCCC. The van der Waals surface area contributed by atoms with Crippen LogP contribution >= 0.6 is 0 Å². The van der Waals surface area contributed by atoms with Crippen molar-refractivity contribution in [2.24, 2.45) is 5.73 Å². The lowest BCUT2D eigenvalue weighted by molar-refractivity contribution is -0.121. The van der Waals surface area contributed by atoms with E-state index in [1.165, 1.54) is 28.0 Å². The van der Waals surface area contributed by atoms with Gasteiger partial charge in [0.1, 0.15) is 0 Å². The number of nitrogens with two attached hydrogens (primary N) is 1. The van der Waals surface area contributed by atoms with Crippen LogP contribution in [0.15, 0.2) is 12.3 Å². The number of unbranched alkanes of at least 4 members (excludes halogenated alkanes) is 2. The summed E-state index contributed by atoms with van der Waals surface area (Å²) < 4.78 is 0. The molecule has 92 valence electrons. The summed E-state index contributed by atoms with van der Waals surface area (Å²) in [5.74, 6) is -0.0793. The predicted molar refractivity (Wildman–Crippen MR) is 72.0 cm³/mol. The van der Waals surface area contributed by atoms with Gasteiger partial charge in [-0.05, 0) is 19.3 Å². The van der Waals surface area contributed by atoms with E-state index in [1.54, 1.807) is 0 Å². The molecule has 0 spiro atoms. The topological polar surface area (TPSA) is 55.1 Å². The molecule has 0 aliphatic heterocycles. The summed E-state index contributed by atoms with van der Waals surface area (Å²) >= 11 is 1.26. The molecular formula is C12H25AlN2O. The van der Waals surface area contributed by atoms with Crippen LogP contribution in [0.2, 0.25) is 5.28 Å². The van der Waals surface area contributed by atoms with Gasteiger partial charge in [-0.1, -0.05) is 32.8 Å². The van der Waals surface area contributed by atoms with Crippen LogP contribution in [-0.4, -0.2) is 28.2 Å². The van der Waals surface area contributed by atoms with Crippen LogP contribution in [0.1, 0.15) is 45.4 Å². The van der Waals surface area contributed by atoms with E-state index in [4.69, 9.17) is 5.73 Å². The highest BCUT2D eigenvalue weighted by atomic mass is 27.0. The molecule has 0 aromatic heterocycles. The molecular weight excluding hydrogens is 215 g/mol. The molecule has 0 bridgehead atoms. The molecule has 0 radical (unpaired) electrons. The Hall–Kier alpha value is -0.298. The van der Waals surface area contributed by atoms with Crippen molar-refractivity contribution in [3.8, 4) is 0 Å². The highest BCUT2D eigenvalue weighted by Crippen LogP contribution is 2.05. The van der Waals surface area contributed by atoms with E-state index in [2.05, 4.69) is 18.8 Å². The van der Waals surface area contributed by atoms with Gasteiger partial charge in [0.2, 0.25) is 22.2 Å². The Labute approximate surface area is 107 Å². The number of rotatable bonds is 9. The van der Waals surface area contributed by atoms with Crippen LogP contribution in [0.3, 0.4) is 0 Å². The smallest absolute Gasteiger partial charge is 0.241 e. The van der Waals surface area contributed by atoms with Gasteiger partial charge in [0, 0.05) is 5.70 Å². The van der Waals surface area contributed by atoms with Crippen molar-refractivity contribution < 1.29 is 4.79 Å². The second-order valence-corrected chi connectivity index (χ2v) is 5.30. The van der Waals surface area contributed by atoms with E-state index in [0.29, 0.717) is 0 Å². The minimum atomic E-state index is -0.379. The fraction of sp³-hybridized carbons (Fsp3) is 0.750. The Morgan fingerprint density at radius 3 is 2.69 bits per heavy atom. The van der Waals surface area contributed by atoms with E-state index in [0.717, 1.165) is 37.8 Å². The Morgan fingerprint density at radius 2 is 2.12 bits per heavy atom. The monoisotopic (exact) mass is 240 g/mol. The zero-order valence-electron chi connectivity index (χ0n) is 10.7. The molecule has 0 saturated heterocycles. The third-order valence-electron chi connectivity index (χ3n) is 2.59. The molecule has 0 fully saturated rings. The van der Waals surface area contributed by atoms with Gasteiger partial charge in [-0.2, -0.15) is 0 Å². The first-order valence-corrected chi connectivity index (χ1v) is 7.77. The molecule has 0 aliphatic carbocycles.